The number of fused-ring (bicyclic) bond motifs is 1. The fourth-order valence-electron chi connectivity index (χ4n) is 3.55. The summed E-state index contributed by atoms with van der Waals surface area (Å²) in [5, 5.41) is 3.29. The first-order chi connectivity index (χ1) is 14.1. The fraction of sp³-hybridized carbons (Fsp3) is 0.333. The molecule has 1 fully saturated rings. The highest BCUT2D eigenvalue weighted by Crippen LogP contribution is 2.31. The van der Waals surface area contributed by atoms with Gasteiger partial charge < -0.3 is 28.8 Å². The summed E-state index contributed by atoms with van der Waals surface area (Å²) in [6.07, 6.45) is 0.783. The Kier molecular flexibility index (Phi) is 5.16. The first kappa shape index (κ1) is 18.9. The number of amides is 1. The summed E-state index contributed by atoms with van der Waals surface area (Å²) in [5.41, 5.74) is 1.83. The van der Waals surface area contributed by atoms with Crippen LogP contribution in [0.3, 0.4) is 0 Å². The molecule has 0 aliphatic carbocycles. The zero-order valence-electron chi connectivity index (χ0n) is 16.6. The standard InChI is InChI=1S/C21H23N3O5/c1-26-14-7-8-15-18(11-14)29-21(23-15)22-13-9-10-24(12-13)20(25)19-16(27-2)5-4-6-17(19)28-3/h4-8,11,13H,9-10,12H2,1-3H3,(H,22,23). The summed E-state index contributed by atoms with van der Waals surface area (Å²) in [4.78, 5) is 19.3. The SMILES string of the molecule is COc1ccc2nc(NC3CCN(C(=O)c4c(OC)cccc4OC)C3)oc2c1. The minimum Gasteiger partial charge on any atom is -0.497 e. The number of rotatable bonds is 6. The van der Waals surface area contributed by atoms with E-state index in [1.54, 1.807) is 50.5 Å². The smallest absolute Gasteiger partial charge is 0.295 e. The Morgan fingerprint density at radius 1 is 1.14 bits per heavy atom. The van der Waals surface area contributed by atoms with Crippen molar-refractivity contribution in [2.24, 2.45) is 0 Å². The van der Waals surface area contributed by atoms with Crippen molar-refractivity contribution < 1.29 is 23.4 Å². The van der Waals surface area contributed by atoms with Crippen molar-refractivity contribution in [3.63, 3.8) is 0 Å². The maximum absolute atomic E-state index is 13.1. The van der Waals surface area contributed by atoms with Gasteiger partial charge in [-0.15, -0.1) is 0 Å². The first-order valence-corrected chi connectivity index (χ1v) is 9.34. The zero-order chi connectivity index (χ0) is 20.4. The quantitative estimate of drug-likeness (QED) is 0.684. The van der Waals surface area contributed by atoms with Gasteiger partial charge in [0.15, 0.2) is 5.58 Å². The molecule has 1 aromatic heterocycles. The van der Waals surface area contributed by atoms with Crippen LogP contribution in [-0.4, -0.2) is 56.3 Å². The van der Waals surface area contributed by atoms with Gasteiger partial charge in [-0.25, -0.2) is 0 Å². The fourth-order valence-corrected chi connectivity index (χ4v) is 3.55. The summed E-state index contributed by atoms with van der Waals surface area (Å²) in [6, 6.07) is 11.3. The average Bonchev–Trinajstić information content (AvgIpc) is 3.38. The molecule has 152 valence electrons. The van der Waals surface area contributed by atoms with Crippen LogP contribution in [0.5, 0.6) is 17.2 Å². The van der Waals surface area contributed by atoms with Crippen LogP contribution in [-0.2, 0) is 0 Å². The summed E-state index contributed by atoms with van der Waals surface area (Å²) >= 11 is 0. The van der Waals surface area contributed by atoms with Crippen molar-refractivity contribution in [2.75, 3.05) is 39.7 Å². The third-order valence-electron chi connectivity index (χ3n) is 5.04. The van der Waals surface area contributed by atoms with Crippen molar-refractivity contribution in [3.8, 4) is 17.2 Å². The van der Waals surface area contributed by atoms with Crippen LogP contribution in [0.25, 0.3) is 11.1 Å². The van der Waals surface area contributed by atoms with Crippen LogP contribution in [0.15, 0.2) is 40.8 Å². The van der Waals surface area contributed by atoms with Crippen LogP contribution >= 0.6 is 0 Å². The van der Waals surface area contributed by atoms with Gasteiger partial charge in [0, 0.05) is 25.2 Å². The number of hydrogen-bond donors (Lipinski definition) is 1. The van der Waals surface area contributed by atoms with Gasteiger partial charge in [-0.1, -0.05) is 6.07 Å². The molecule has 1 saturated heterocycles. The lowest BCUT2D eigenvalue weighted by Crippen LogP contribution is -2.32. The number of nitrogens with zero attached hydrogens (tertiary/aromatic N) is 2. The van der Waals surface area contributed by atoms with Crippen molar-refractivity contribution in [3.05, 3.63) is 42.0 Å². The number of oxazole rings is 1. The van der Waals surface area contributed by atoms with Crippen LogP contribution < -0.4 is 19.5 Å². The summed E-state index contributed by atoms with van der Waals surface area (Å²) in [5.74, 6) is 1.59. The number of benzene rings is 2. The molecule has 1 aliphatic rings. The molecular weight excluding hydrogens is 374 g/mol. The Bertz CT molecular complexity index is 1010. The predicted octanol–water partition coefficient (Wildman–Crippen LogP) is 3.18. The molecule has 29 heavy (non-hydrogen) atoms. The predicted molar refractivity (Wildman–Crippen MR) is 108 cm³/mol. The Labute approximate surface area is 168 Å². The molecule has 1 N–H and O–H groups in total. The van der Waals surface area contributed by atoms with E-state index in [4.69, 9.17) is 18.6 Å². The minimum absolute atomic E-state index is 0.0367. The van der Waals surface area contributed by atoms with E-state index in [1.165, 1.54) is 0 Å². The number of nitrogens with one attached hydrogen (secondary N) is 1. The van der Waals surface area contributed by atoms with Crippen molar-refractivity contribution in [1.82, 2.24) is 9.88 Å². The molecule has 2 aromatic carbocycles. The van der Waals surface area contributed by atoms with Crippen LogP contribution in [0.4, 0.5) is 6.01 Å². The zero-order valence-corrected chi connectivity index (χ0v) is 16.6. The second kappa shape index (κ2) is 7.90. The molecule has 1 aliphatic heterocycles. The van der Waals surface area contributed by atoms with Crippen molar-refractivity contribution >= 4 is 23.0 Å². The van der Waals surface area contributed by atoms with E-state index in [2.05, 4.69) is 10.3 Å². The van der Waals surface area contributed by atoms with Crippen LogP contribution in [0.2, 0.25) is 0 Å². The number of ether oxygens (including phenoxy) is 3. The largest absolute Gasteiger partial charge is 0.497 e. The van der Waals surface area contributed by atoms with Gasteiger partial charge in [0.2, 0.25) is 0 Å². The summed E-state index contributed by atoms with van der Waals surface area (Å²) in [7, 11) is 4.70. The van der Waals surface area contributed by atoms with E-state index in [0.717, 1.165) is 11.9 Å². The highest BCUT2D eigenvalue weighted by Gasteiger charge is 2.31. The van der Waals surface area contributed by atoms with Gasteiger partial charge in [-0.05, 0) is 30.7 Å². The number of carbonyl (C=O) groups excluding carboxylic acids is 1. The Hall–Kier alpha value is -3.42. The monoisotopic (exact) mass is 397 g/mol. The van der Waals surface area contributed by atoms with Gasteiger partial charge in [0.25, 0.3) is 11.9 Å². The van der Waals surface area contributed by atoms with E-state index in [1.807, 2.05) is 12.1 Å². The molecule has 4 rings (SSSR count). The normalized spacial score (nSPS) is 16.1. The topological polar surface area (TPSA) is 86.1 Å². The molecule has 0 radical (unpaired) electrons. The summed E-state index contributed by atoms with van der Waals surface area (Å²) < 4.78 is 21.7. The lowest BCUT2D eigenvalue weighted by Gasteiger charge is -2.20. The van der Waals surface area contributed by atoms with E-state index < -0.39 is 0 Å². The average molecular weight is 397 g/mol. The molecule has 1 amide bonds. The van der Waals surface area contributed by atoms with Gasteiger partial charge in [0.1, 0.15) is 28.3 Å². The minimum atomic E-state index is -0.120. The first-order valence-electron chi connectivity index (χ1n) is 9.34. The molecule has 3 aromatic rings. The lowest BCUT2D eigenvalue weighted by molar-refractivity contribution is 0.0784. The van der Waals surface area contributed by atoms with E-state index in [0.29, 0.717) is 47.5 Å². The molecule has 0 spiro atoms. The molecule has 1 atom stereocenters. The molecule has 0 bridgehead atoms. The van der Waals surface area contributed by atoms with Gasteiger partial charge in [0.05, 0.1) is 21.3 Å². The number of aromatic nitrogens is 1. The third kappa shape index (κ3) is 3.65. The molecule has 2 heterocycles. The number of carbonyl (C=O) groups is 1. The van der Waals surface area contributed by atoms with Crippen LogP contribution in [0, 0.1) is 0 Å². The molecule has 8 nitrogen and oxygen atoms in total. The number of hydrogen-bond acceptors (Lipinski definition) is 7. The van der Waals surface area contributed by atoms with Gasteiger partial charge in [-0.2, -0.15) is 4.98 Å². The lowest BCUT2D eigenvalue weighted by atomic mass is 10.1. The number of anilines is 1. The van der Waals surface area contributed by atoms with Crippen molar-refractivity contribution in [2.45, 2.75) is 12.5 Å². The maximum atomic E-state index is 13.1. The molecule has 0 saturated carbocycles. The van der Waals surface area contributed by atoms with E-state index >= 15 is 0 Å². The molecule has 8 heteroatoms. The molecule has 1 unspecified atom stereocenters. The second-order valence-electron chi connectivity index (χ2n) is 6.77. The number of likely N-dealkylation sites (tertiary alicyclic amines) is 1. The van der Waals surface area contributed by atoms with Gasteiger partial charge >= 0.3 is 0 Å². The summed E-state index contributed by atoms with van der Waals surface area (Å²) in [6.45, 7) is 1.15. The number of methoxy groups -OCH3 is 3. The highest BCUT2D eigenvalue weighted by atomic mass is 16.5. The van der Waals surface area contributed by atoms with E-state index in [9.17, 15) is 4.79 Å². The Morgan fingerprint density at radius 2 is 1.90 bits per heavy atom. The van der Waals surface area contributed by atoms with Crippen molar-refractivity contribution in [1.29, 1.82) is 0 Å². The van der Waals surface area contributed by atoms with E-state index in [-0.39, 0.29) is 11.9 Å². The Balaban J connectivity index is 1.48. The third-order valence-corrected chi connectivity index (χ3v) is 5.04. The molecular formula is C21H23N3O5. The maximum Gasteiger partial charge on any atom is 0.295 e. The second-order valence-corrected chi connectivity index (χ2v) is 6.77. The Morgan fingerprint density at radius 3 is 2.59 bits per heavy atom. The van der Waals surface area contributed by atoms with Crippen LogP contribution in [0.1, 0.15) is 16.8 Å². The van der Waals surface area contributed by atoms with Gasteiger partial charge in [-0.3, -0.25) is 4.79 Å². The highest BCUT2D eigenvalue weighted by molar-refractivity contribution is 6.00.